The molecule has 1 N–H and O–H groups in total. The first-order valence-corrected chi connectivity index (χ1v) is 8.85. The maximum Gasteiger partial charge on any atom is 0.260 e. The van der Waals surface area contributed by atoms with Crippen molar-refractivity contribution in [2.45, 2.75) is 26.3 Å². The second-order valence-electron chi connectivity index (χ2n) is 5.75. The fourth-order valence-electron chi connectivity index (χ4n) is 2.57. The van der Waals surface area contributed by atoms with Crippen molar-refractivity contribution in [1.29, 1.82) is 0 Å². The van der Waals surface area contributed by atoms with Crippen LogP contribution in [0.5, 0.6) is 5.88 Å². The normalized spacial score (nSPS) is 12.3. The zero-order valence-corrected chi connectivity index (χ0v) is 15.6. The van der Waals surface area contributed by atoms with E-state index in [1.165, 1.54) is 6.33 Å². The molecule has 3 aromatic rings. The molecule has 7 nitrogen and oxygen atoms in total. The van der Waals surface area contributed by atoms with Crippen LogP contribution in [0.2, 0.25) is 5.02 Å². The van der Waals surface area contributed by atoms with E-state index < -0.39 is 0 Å². The van der Waals surface area contributed by atoms with E-state index in [-0.39, 0.29) is 6.04 Å². The molecule has 0 bridgehead atoms. The van der Waals surface area contributed by atoms with Crippen molar-refractivity contribution in [3.63, 3.8) is 0 Å². The van der Waals surface area contributed by atoms with Crippen LogP contribution in [-0.2, 0) is 0 Å². The number of halogens is 1. The molecule has 1 atom stereocenters. The van der Waals surface area contributed by atoms with Crippen LogP contribution < -0.4 is 10.1 Å². The van der Waals surface area contributed by atoms with E-state index >= 15 is 0 Å². The van der Waals surface area contributed by atoms with Crippen molar-refractivity contribution in [3.8, 4) is 17.1 Å². The van der Waals surface area contributed by atoms with Crippen LogP contribution in [0.1, 0.15) is 32.0 Å². The van der Waals surface area contributed by atoms with Gasteiger partial charge in [-0.05, 0) is 26.0 Å². The molecule has 0 aliphatic carbocycles. The molecule has 0 amide bonds. The molecule has 0 saturated carbocycles. The topological polar surface area (TPSA) is 77.2 Å². The zero-order valence-electron chi connectivity index (χ0n) is 14.8. The molecule has 0 fully saturated rings. The summed E-state index contributed by atoms with van der Waals surface area (Å²) in [6.07, 6.45) is 7.40. The van der Waals surface area contributed by atoms with Gasteiger partial charge in [0.15, 0.2) is 0 Å². The predicted molar refractivity (Wildman–Crippen MR) is 101 cm³/mol. The number of fused-ring (bicyclic) bond motifs is 1. The summed E-state index contributed by atoms with van der Waals surface area (Å²) in [5, 5.41) is 8.06. The van der Waals surface area contributed by atoms with Crippen molar-refractivity contribution in [2.75, 3.05) is 13.2 Å². The highest BCUT2D eigenvalue weighted by Crippen LogP contribution is 2.30. The summed E-state index contributed by atoms with van der Waals surface area (Å²) in [6.45, 7) is 9.13. The van der Waals surface area contributed by atoms with Gasteiger partial charge in [0.1, 0.15) is 6.33 Å². The quantitative estimate of drug-likeness (QED) is 0.482. The Morgan fingerprint density at radius 3 is 3.04 bits per heavy atom. The molecule has 26 heavy (non-hydrogen) atoms. The predicted octanol–water partition coefficient (Wildman–Crippen LogP) is 3.47. The van der Waals surface area contributed by atoms with Crippen molar-refractivity contribution >= 4 is 17.2 Å². The van der Waals surface area contributed by atoms with Crippen LogP contribution in [0.3, 0.4) is 0 Å². The lowest BCUT2D eigenvalue weighted by atomic mass is 10.1. The highest BCUT2D eigenvalue weighted by Gasteiger charge is 2.16. The van der Waals surface area contributed by atoms with E-state index in [9.17, 15) is 0 Å². The molecule has 0 spiro atoms. The number of ether oxygens (including phenoxy) is 1. The van der Waals surface area contributed by atoms with Crippen molar-refractivity contribution < 1.29 is 4.74 Å². The first-order valence-electron chi connectivity index (χ1n) is 8.47. The summed E-state index contributed by atoms with van der Waals surface area (Å²) < 4.78 is 7.39. The summed E-state index contributed by atoms with van der Waals surface area (Å²) in [5.74, 6) is 0.413. The average molecular weight is 373 g/mol. The third-order valence-electron chi connectivity index (χ3n) is 3.90. The Kier molecular flexibility index (Phi) is 5.80. The number of pyridine rings is 1. The second-order valence-corrected chi connectivity index (χ2v) is 6.16. The minimum absolute atomic E-state index is 0.106. The molecular formula is C18H21ClN6O. The Morgan fingerprint density at radius 2 is 2.27 bits per heavy atom. The molecule has 0 aliphatic heterocycles. The Morgan fingerprint density at radius 1 is 1.42 bits per heavy atom. The number of nitrogens with zero attached hydrogens (tertiary/aromatic N) is 5. The van der Waals surface area contributed by atoms with Gasteiger partial charge in [-0.1, -0.05) is 24.6 Å². The molecule has 0 aliphatic rings. The molecule has 136 valence electrons. The monoisotopic (exact) mass is 372 g/mol. The van der Waals surface area contributed by atoms with E-state index in [0.717, 1.165) is 17.8 Å². The van der Waals surface area contributed by atoms with E-state index in [1.54, 1.807) is 23.0 Å². The first kappa shape index (κ1) is 18.3. The Hall–Kier alpha value is -2.51. The van der Waals surface area contributed by atoms with Crippen LogP contribution in [0.25, 0.3) is 16.9 Å². The van der Waals surface area contributed by atoms with Gasteiger partial charge < -0.3 is 10.1 Å². The Balaban J connectivity index is 2.04. The summed E-state index contributed by atoms with van der Waals surface area (Å²) in [4.78, 5) is 13.2. The molecule has 0 aromatic carbocycles. The lowest BCUT2D eigenvalue weighted by Crippen LogP contribution is -2.18. The average Bonchev–Trinajstić information content (AvgIpc) is 3.11. The molecular weight excluding hydrogens is 352 g/mol. The van der Waals surface area contributed by atoms with Gasteiger partial charge >= 0.3 is 0 Å². The van der Waals surface area contributed by atoms with Crippen LogP contribution in [-0.4, -0.2) is 37.7 Å². The zero-order chi connectivity index (χ0) is 18.5. The third-order valence-corrected chi connectivity index (χ3v) is 4.20. The van der Waals surface area contributed by atoms with Gasteiger partial charge in [-0.3, -0.25) is 4.98 Å². The molecule has 3 heterocycles. The molecule has 0 saturated heterocycles. The maximum absolute atomic E-state index is 6.39. The number of nitrogens with one attached hydrogen (secondary N) is 1. The highest BCUT2D eigenvalue weighted by molar-refractivity contribution is 6.33. The lowest BCUT2D eigenvalue weighted by molar-refractivity contribution is 0.314. The van der Waals surface area contributed by atoms with Crippen LogP contribution >= 0.6 is 11.6 Å². The SMILES string of the molecule is C=CCCOc1nc(-c2cc(C(C)NCC)ncc2Cl)cn2ncnc12. The van der Waals surface area contributed by atoms with Gasteiger partial charge in [0, 0.05) is 17.8 Å². The van der Waals surface area contributed by atoms with E-state index in [2.05, 4.69) is 45.8 Å². The van der Waals surface area contributed by atoms with Crippen LogP contribution in [0, 0.1) is 0 Å². The van der Waals surface area contributed by atoms with E-state index in [4.69, 9.17) is 16.3 Å². The molecule has 8 heteroatoms. The van der Waals surface area contributed by atoms with Crippen molar-refractivity contribution in [1.82, 2.24) is 29.9 Å². The maximum atomic E-state index is 6.39. The minimum Gasteiger partial charge on any atom is -0.475 e. The second kappa shape index (κ2) is 8.25. The van der Waals surface area contributed by atoms with Gasteiger partial charge in [-0.2, -0.15) is 5.10 Å². The molecule has 3 aromatic heterocycles. The number of hydrogen-bond acceptors (Lipinski definition) is 6. The standard InChI is InChI=1S/C18H21ClN6O/c1-4-6-7-26-18-17-22-11-23-25(17)10-16(24-18)13-8-15(12(3)20-5-2)21-9-14(13)19/h4,8-12,20H,1,5-7H2,2-3H3. The third kappa shape index (κ3) is 3.84. The van der Waals surface area contributed by atoms with Crippen molar-refractivity contribution in [3.05, 3.63) is 48.2 Å². The summed E-state index contributed by atoms with van der Waals surface area (Å²) in [6, 6.07) is 2.04. The molecule has 1 unspecified atom stereocenters. The summed E-state index contributed by atoms with van der Waals surface area (Å²) in [7, 11) is 0. The number of rotatable bonds is 8. The number of hydrogen-bond donors (Lipinski definition) is 1. The lowest BCUT2D eigenvalue weighted by Gasteiger charge is -2.14. The van der Waals surface area contributed by atoms with Crippen LogP contribution in [0.4, 0.5) is 0 Å². The Bertz CT molecular complexity index is 910. The first-order chi connectivity index (χ1) is 12.6. The largest absolute Gasteiger partial charge is 0.475 e. The van der Waals surface area contributed by atoms with Gasteiger partial charge in [0.05, 0.1) is 29.2 Å². The highest BCUT2D eigenvalue weighted by atomic mass is 35.5. The van der Waals surface area contributed by atoms with Crippen LogP contribution in [0.15, 0.2) is 37.4 Å². The summed E-state index contributed by atoms with van der Waals surface area (Å²) >= 11 is 6.39. The summed E-state index contributed by atoms with van der Waals surface area (Å²) in [5.41, 5.74) is 2.87. The van der Waals surface area contributed by atoms with Crippen molar-refractivity contribution in [2.24, 2.45) is 0 Å². The van der Waals surface area contributed by atoms with E-state index in [0.29, 0.717) is 35.3 Å². The van der Waals surface area contributed by atoms with Gasteiger partial charge in [-0.15, -0.1) is 6.58 Å². The fourth-order valence-corrected chi connectivity index (χ4v) is 2.77. The number of aromatic nitrogens is 5. The minimum atomic E-state index is 0.106. The Labute approximate surface area is 157 Å². The molecule has 3 rings (SSSR count). The smallest absolute Gasteiger partial charge is 0.260 e. The molecule has 0 radical (unpaired) electrons. The van der Waals surface area contributed by atoms with Gasteiger partial charge in [0.25, 0.3) is 5.88 Å². The fraction of sp³-hybridized carbons (Fsp3) is 0.333. The van der Waals surface area contributed by atoms with Gasteiger partial charge in [0.2, 0.25) is 5.65 Å². The van der Waals surface area contributed by atoms with E-state index in [1.807, 2.05) is 6.07 Å². The van der Waals surface area contributed by atoms with Gasteiger partial charge in [-0.25, -0.2) is 14.5 Å².